The van der Waals surface area contributed by atoms with Crippen molar-refractivity contribution in [2.45, 2.75) is 47.9 Å². The molecule has 2 aliphatic rings. The van der Waals surface area contributed by atoms with Crippen molar-refractivity contribution in [2.24, 2.45) is 0 Å². The number of hydrogen-bond donors (Lipinski definition) is 0. The first-order valence-corrected chi connectivity index (χ1v) is 11.8. The van der Waals surface area contributed by atoms with Gasteiger partial charge in [-0.25, -0.2) is 8.42 Å². The minimum absolute atomic E-state index is 0.0750. The number of nitrogens with zero attached hydrogens (tertiary/aromatic N) is 1. The third-order valence-electron chi connectivity index (χ3n) is 5.73. The molecule has 0 saturated carbocycles. The van der Waals surface area contributed by atoms with Gasteiger partial charge in [0.15, 0.2) is 16.4 Å². The number of rotatable bonds is 5. The van der Waals surface area contributed by atoms with Crippen LogP contribution in [-0.2, 0) is 14.6 Å². The lowest BCUT2D eigenvalue weighted by Gasteiger charge is -2.38. The molecule has 0 aromatic heterocycles. The number of hydrogen-bond acceptors (Lipinski definition) is 4. The number of ether oxygens (including phenoxy) is 1. The average Bonchev–Trinajstić information content (AvgIpc) is 2.97. The summed E-state index contributed by atoms with van der Waals surface area (Å²) in [7, 11) is -3.40. The summed E-state index contributed by atoms with van der Waals surface area (Å²) in [6, 6.07) is 13.2. The Morgan fingerprint density at radius 3 is 2.31 bits per heavy atom. The van der Waals surface area contributed by atoms with E-state index in [-0.39, 0.29) is 24.6 Å². The van der Waals surface area contributed by atoms with Crippen molar-refractivity contribution in [3.63, 3.8) is 0 Å². The van der Waals surface area contributed by atoms with Crippen molar-refractivity contribution >= 4 is 38.9 Å². The Morgan fingerprint density at radius 2 is 1.69 bits per heavy atom. The molecule has 2 fully saturated rings. The van der Waals surface area contributed by atoms with Gasteiger partial charge in [-0.1, -0.05) is 41.4 Å². The molecule has 2 atom stereocenters. The summed E-state index contributed by atoms with van der Waals surface area (Å²) < 4.78 is 31.6. The zero-order chi connectivity index (χ0) is 20.6. The lowest BCUT2D eigenvalue weighted by Crippen LogP contribution is -2.51. The van der Waals surface area contributed by atoms with Gasteiger partial charge in [0.2, 0.25) is 0 Å². The van der Waals surface area contributed by atoms with E-state index in [2.05, 4.69) is 0 Å². The van der Waals surface area contributed by atoms with Gasteiger partial charge in [0.25, 0.3) is 5.91 Å². The van der Waals surface area contributed by atoms with Crippen LogP contribution in [0.3, 0.4) is 0 Å². The first-order valence-electron chi connectivity index (χ1n) is 9.54. The van der Waals surface area contributed by atoms with Crippen molar-refractivity contribution in [3.05, 3.63) is 58.6 Å². The van der Waals surface area contributed by atoms with E-state index in [0.29, 0.717) is 33.5 Å². The molecule has 8 heteroatoms. The van der Waals surface area contributed by atoms with Gasteiger partial charge in [0.1, 0.15) is 5.75 Å². The molecule has 1 amide bonds. The average molecular weight is 454 g/mol. The molecule has 2 heterocycles. The lowest BCUT2D eigenvalue weighted by atomic mass is 10.0. The summed E-state index contributed by atoms with van der Waals surface area (Å²) in [5, 5.41) is 0.382. The van der Waals surface area contributed by atoms with Gasteiger partial charge < -0.3 is 9.64 Å². The van der Waals surface area contributed by atoms with Gasteiger partial charge in [-0.3, -0.25) is 4.79 Å². The Kier molecular flexibility index (Phi) is 5.78. The summed E-state index contributed by atoms with van der Waals surface area (Å²) in [5.41, 5.74) is 0. The van der Waals surface area contributed by atoms with Gasteiger partial charge >= 0.3 is 0 Å². The molecule has 2 aromatic rings. The summed E-state index contributed by atoms with van der Waals surface area (Å²) in [5.74, 6) is 0.261. The van der Waals surface area contributed by atoms with Crippen molar-refractivity contribution in [1.82, 2.24) is 4.90 Å². The third kappa shape index (κ3) is 4.11. The van der Waals surface area contributed by atoms with E-state index < -0.39 is 15.1 Å². The Labute approximate surface area is 180 Å². The number of fused-ring (bicyclic) bond motifs is 2. The van der Waals surface area contributed by atoms with Crippen LogP contribution in [0.2, 0.25) is 10.0 Å². The van der Waals surface area contributed by atoms with Crippen LogP contribution in [0.5, 0.6) is 5.75 Å². The first-order chi connectivity index (χ1) is 13.9. The largest absolute Gasteiger partial charge is 0.482 e. The van der Waals surface area contributed by atoms with Gasteiger partial charge in [0.05, 0.1) is 15.2 Å². The molecule has 0 aliphatic carbocycles. The SMILES string of the molecule is O=C(COc1ccc(Cl)cc1Cl)N1C2CCC1CC(S(=O)(=O)c1ccccc1)C2. The summed E-state index contributed by atoms with van der Waals surface area (Å²) in [6.07, 6.45) is 2.56. The molecule has 0 radical (unpaired) electrons. The fourth-order valence-corrected chi connectivity index (χ4v) is 6.73. The zero-order valence-corrected chi connectivity index (χ0v) is 18.0. The molecule has 4 rings (SSSR count). The molecular formula is C21H21Cl2NO4S. The molecule has 2 bridgehead atoms. The van der Waals surface area contributed by atoms with E-state index in [9.17, 15) is 13.2 Å². The highest BCUT2D eigenvalue weighted by atomic mass is 35.5. The predicted molar refractivity (Wildman–Crippen MR) is 112 cm³/mol. The Hall–Kier alpha value is -1.76. The minimum Gasteiger partial charge on any atom is -0.482 e. The fourth-order valence-electron chi connectivity index (χ4n) is 4.40. The highest BCUT2D eigenvalue weighted by Gasteiger charge is 2.47. The van der Waals surface area contributed by atoms with Crippen LogP contribution in [0.1, 0.15) is 25.7 Å². The van der Waals surface area contributed by atoms with E-state index in [1.807, 2.05) is 4.90 Å². The Balaban J connectivity index is 1.43. The second kappa shape index (κ2) is 8.17. The van der Waals surface area contributed by atoms with Crippen LogP contribution in [0.15, 0.2) is 53.4 Å². The van der Waals surface area contributed by atoms with Crippen LogP contribution in [0.25, 0.3) is 0 Å². The minimum atomic E-state index is -3.40. The topological polar surface area (TPSA) is 63.7 Å². The maximum atomic E-state index is 13.0. The van der Waals surface area contributed by atoms with E-state index >= 15 is 0 Å². The molecular weight excluding hydrogens is 433 g/mol. The Bertz CT molecular complexity index is 999. The molecule has 5 nitrogen and oxygen atoms in total. The maximum Gasteiger partial charge on any atom is 0.261 e. The van der Waals surface area contributed by atoms with Gasteiger partial charge in [-0.15, -0.1) is 0 Å². The number of amides is 1. The monoisotopic (exact) mass is 453 g/mol. The highest BCUT2D eigenvalue weighted by Crippen LogP contribution is 2.40. The molecule has 0 N–H and O–H groups in total. The van der Waals surface area contributed by atoms with Gasteiger partial charge in [-0.05, 0) is 56.0 Å². The number of sulfone groups is 1. The van der Waals surface area contributed by atoms with Crippen LogP contribution < -0.4 is 4.74 Å². The second-order valence-corrected chi connectivity index (χ2v) is 10.6. The third-order valence-corrected chi connectivity index (χ3v) is 8.46. The lowest BCUT2D eigenvalue weighted by molar-refractivity contribution is -0.137. The number of piperidine rings is 1. The van der Waals surface area contributed by atoms with Crippen molar-refractivity contribution < 1.29 is 17.9 Å². The quantitative estimate of drug-likeness (QED) is 0.673. The van der Waals surface area contributed by atoms with Gasteiger partial charge in [0, 0.05) is 17.1 Å². The normalized spacial score (nSPS) is 23.8. The zero-order valence-electron chi connectivity index (χ0n) is 15.6. The summed E-state index contributed by atoms with van der Waals surface area (Å²) in [4.78, 5) is 15.0. The molecule has 154 valence electrons. The Morgan fingerprint density at radius 1 is 1.03 bits per heavy atom. The fraction of sp³-hybridized carbons (Fsp3) is 0.381. The molecule has 0 spiro atoms. The molecule has 2 aliphatic heterocycles. The van der Waals surface area contributed by atoms with Crippen LogP contribution >= 0.6 is 23.2 Å². The van der Waals surface area contributed by atoms with E-state index in [1.54, 1.807) is 48.5 Å². The molecule has 2 aromatic carbocycles. The van der Waals surface area contributed by atoms with Crippen molar-refractivity contribution in [3.8, 4) is 5.75 Å². The molecule has 2 saturated heterocycles. The van der Waals surface area contributed by atoms with Crippen LogP contribution in [0, 0.1) is 0 Å². The smallest absolute Gasteiger partial charge is 0.261 e. The maximum absolute atomic E-state index is 13.0. The van der Waals surface area contributed by atoms with Crippen LogP contribution in [0.4, 0.5) is 0 Å². The second-order valence-electron chi connectivity index (χ2n) is 7.50. The van der Waals surface area contributed by atoms with E-state index in [1.165, 1.54) is 0 Å². The molecule has 29 heavy (non-hydrogen) atoms. The van der Waals surface area contributed by atoms with Gasteiger partial charge in [-0.2, -0.15) is 0 Å². The van der Waals surface area contributed by atoms with Crippen molar-refractivity contribution in [2.75, 3.05) is 6.61 Å². The van der Waals surface area contributed by atoms with E-state index in [0.717, 1.165) is 12.8 Å². The molecule has 2 unspecified atom stereocenters. The highest BCUT2D eigenvalue weighted by molar-refractivity contribution is 7.92. The van der Waals surface area contributed by atoms with Crippen LogP contribution in [-0.4, -0.2) is 43.2 Å². The number of halogens is 2. The standard InChI is InChI=1S/C21H21Cl2NO4S/c22-14-6-9-20(19(23)10-14)28-13-21(25)24-15-7-8-16(24)12-18(11-15)29(26,27)17-4-2-1-3-5-17/h1-6,9-10,15-16,18H,7-8,11-13H2. The van der Waals surface area contributed by atoms with Crippen molar-refractivity contribution in [1.29, 1.82) is 0 Å². The summed E-state index contributed by atoms with van der Waals surface area (Å²) >= 11 is 12.0. The summed E-state index contributed by atoms with van der Waals surface area (Å²) in [6.45, 7) is -0.134. The van der Waals surface area contributed by atoms with E-state index in [4.69, 9.17) is 27.9 Å². The first kappa shape index (κ1) is 20.5. The predicted octanol–water partition coefficient (Wildman–Crippen LogP) is 4.37. The number of carbonyl (C=O) groups excluding carboxylic acids is 1. The number of benzene rings is 2. The number of carbonyl (C=O) groups is 1.